The fraction of sp³-hybridized carbons (Fsp3) is 0.905. The van der Waals surface area contributed by atoms with E-state index >= 15 is 0 Å². The Morgan fingerprint density at radius 3 is 2.61 bits per heavy atom. The lowest BCUT2D eigenvalue weighted by Gasteiger charge is -2.33. The summed E-state index contributed by atoms with van der Waals surface area (Å²) in [5.41, 5.74) is 0. The first-order valence-corrected chi connectivity index (χ1v) is 11.2. The van der Waals surface area contributed by atoms with Crippen molar-refractivity contribution in [2.75, 3.05) is 52.4 Å². The molecule has 0 bridgehead atoms. The Bertz CT molecular complexity index is 477. The van der Waals surface area contributed by atoms with Gasteiger partial charge in [-0.3, -0.25) is 14.7 Å². The second-order valence-electron chi connectivity index (χ2n) is 8.42. The van der Waals surface area contributed by atoms with E-state index in [9.17, 15) is 4.79 Å². The summed E-state index contributed by atoms with van der Waals surface area (Å²) >= 11 is 0. The minimum Gasteiger partial charge on any atom is -0.374 e. The summed E-state index contributed by atoms with van der Waals surface area (Å²) in [4.78, 5) is 19.4. The van der Waals surface area contributed by atoms with Gasteiger partial charge in [0, 0.05) is 45.2 Å². The van der Waals surface area contributed by atoms with Crippen molar-refractivity contribution in [1.29, 1.82) is 0 Å². The highest BCUT2D eigenvalue weighted by Gasteiger charge is 2.21. The van der Waals surface area contributed by atoms with Crippen LogP contribution in [0, 0.1) is 11.8 Å². The summed E-state index contributed by atoms with van der Waals surface area (Å²) in [6.07, 6.45) is 5.87. The first-order valence-electron chi connectivity index (χ1n) is 11.2. The highest BCUT2D eigenvalue weighted by atomic mass is 16.5. The van der Waals surface area contributed by atoms with Crippen LogP contribution in [0.1, 0.15) is 52.9 Å². The summed E-state index contributed by atoms with van der Waals surface area (Å²) in [6, 6.07) is 0. The number of carbonyl (C=O) groups excluding carboxylic acids is 1. The molecule has 1 amide bonds. The largest absolute Gasteiger partial charge is 0.374 e. The Balaban J connectivity index is 1.68. The normalized spacial score (nSPS) is 22.3. The van der Waals surface area contributed by atoms with E-state index < -0.39 is 0 Å². The Morgan fingerprint density at radius 1 is 1.14 bits per heavy atom. The van der Waals surface area contributed by atoms with Gasteiger partial charge in [-0.25, -0.2) is 0 Å². The van der Waals surface area contributed by atoms with E-state index in [4.69, 9.17) is 4.74 Å². The molecule has 28 heavy (non-hydrogen) atoms. The average molecular weight is 396 g/mol. The summed E-state index contributed by atoms with van der Waals surface area (Å²) in [7, 11) is 0. The number of nitrogens with zero attached hydrogens (tertiary/aromatic N) is 2. The third-order valence-corrected chi connectivity index (χ3v) is 5.34. The van der Waals surface area contributed by atoms with E-state index in [1.807, 2.05) is 0 Å². The molecule has 0 aromatic carbocycles. The minimum absolute atomic E-state index is 0.147. The molecule has 1 aliphatic heterocycles. The fourth-order valence-corrected chi connectivity index (χ4v) is 3.98. The van der Waals surface area contributed by atoms with Crippen molar-refractivity contribution in [3.8, 4) is 0 Å². The molecule has 0 aromatic heterocycles. The Morgan fingerprint density at radius 2 is 1.89 bits per heavy atom. The highest BCUT2D eigenvalue weighted by Crippen LogP contribution is 2.23. The van der Waals surface area contributed by atoms with Crippen molar-refractivity contribution < 1.29 is 9.53 Å². The molecule has 0 aromatic rings. The Kier molecular flexibility index (Phi) is 10.6. The lowest BCUT2D eigenvalue weighted by molar-refractivity contribution is -0.125. The molecule has 1 atom stereocenters. The molecule has 1 heterocycles. The van der Waals surface area contributed by atoms with E-state index in [2.05, 4.69) is 46.6 Å². The first-order chi connectivity index (χ1) is 13.6. The molecule has 0 spiro atoms. The van der Waals surface area contributed by atoms with Gasteiger partial charge in [-0.1, -0.05) is 33.1 Å². The van der Waals surface area contributed by atoms with Crippen molar-refractivity contribution in [2.24, 2.45) is 16.8 Å². The van der Waals surface area contributed by atoms with Crippen molar-refractivity contribution in [2.45, 2.75) is 59.0 Å². The number of morpholine rings is 1. The standard InChI is InChI=1S/C21H41N5O2/c1-4-22-21(24-11-10-23-20(27)18-8-6-5-7-9-18)25-14-19-16-26(12-13-28-19)15-17(2)3/h17-19H,4-16H2,1-3H3,(H,23,27)(H2,22,24,25). The number of rotatable bonds is 9. The quantitative estimate of drug-likeness (QED) is 0.314. The van der Waals surface area contributed by atoms with Crippen LogP contribution in [0.4, 0.5) is 0 Å². The molecule has 2 aliphatic rings. The van der Waals surface area contributed by atoms with Crippen LogP contribution in [0.15, 0.2) is 4.99 Å². The molecule has 1 saturated heterocycles. The number of nitrogens with one attached hydrogen (secondary N) is 3. The van der Waals surface area contributed by atoms with E-state index in [0.717, 1.165) is 51.6 Å². The fourth-order valence-electron chi connectivity index (χ4n) is 3.98. The number of hydrogen-bond acceptors (Lipinski definition) is 4. The van der Waals surface area contributed by atoms with Gasteiger partial charge in [-0.15, -0.1) is 0 Å². The summed E-state index contributed by atoms with van der Waals surface area (Å²) in [5, 5.41) is 9.65. The maximum Gasteiger partial charge on any atom is 0.223 e. The monoisotopic (exact) mass is 395 g/mol. The highest BCUT2D eigenvalue weighted by molar-refractivity contribution is 5.80. The lowest BCUT2D eigenvalue weighted by atomic mass is 9.89. The zero-order chi connectivity index (χ0) is 20.2. The van der Waals surface area contributed by atoms with Crippen molar-refractivity contribution in [3.05, 3.63) is 0 Å². The van der Waals surface area contributed by atoms with Gasteiger partial charge in [-0.2, -0.15) is 0 Å². The molecule has 162 valence electrons. The van der Waals surface area contributed by atoms with Crippen LogP contribution in [0.3, 0.4) is 0 Å². The molecule has 7 nitrogen and oxygen atoms in total. The maximum atomic E-state index is 12.2. The third kappa shape index (κ3) is 8.78. The van der Waals surface area contributed by atoms with E-state index in [1.165, 1.54) is 19.3 Å². The minimum atomic E-state index is 0.147. The number of hydrogen-bond donors (Lipinski definition) is 3. The van der Waals surface area contributed by atoms with Gasteiger partial charge in [0.05, 0.1) is 19.3 Å². The molecule has 1 saturated carbocycles. The smallest absolute Gasteiger partial charge is 0.223 e. The maximum absolute atomic E-state index is 12.2. The molecule has 2 fully saturated rings. The van der Waals surface area contributed by atoms with Crippen LogP contribution in [0.25, 0.3) is 0 Å². The lowest BCUT2D eigenvalue weighted by Crippen LogP contribution is -2.46. The molecular weight excluding hydrogens is 354 g/mol. The van der Waals surface area contributed by atoms with Crippen molar-refractivity contribution in [3.63, 3.8) is 0 Å². The second-order valence-corrected chi connectivity index (χ2v) is 8.42. The zero-order valence-electron chi connectivity index (χ0n) is 18.1. The van der Waals surface area contributed by atoms with Gasteiger partial charge < -0.3 is 20.7 Å². The molecular formula is C21H41N5O2. The predicted molar refractivity (Wildman–Crippen MR) is 115 cm³/mol. The van der Waals surface area contributed by atoms with Crippen LogP contribution in [-0.2, 0) is 9.53 Å². The number of carbonyl (C=O) groups is 1. The summed E-state index contributed by atoms with van der Waals surface area (Å²) in [5.74, 6) is 1.89. The number of guanidine groups is 1. The van der Waals surface area contributed by atoms with Crippen molar-refractivity contribution >= 4 is 11.9 Å². The topological polar surface area (TPSA) is 78.0 Å². The molecule has 3 N–H and O–H groups in total. The van der Waals surface area contributed by atoms with Crippen molar-refractivity contribution in [1.82, 2.24) is 20.9 Å². The molecule has 7 heteroatoms. The molecule has 0 radical (unpaired) electrons. The Labute approximate surface area is 171 Å². The zero-order valence-corrected chi connectivity index (χ0v) is 18.1. The summed E-state index contributed by atoms with van der Waals surface area (Å²) < 4.78 is 5.88. The van der Waals surface area contributed by atoms with Crippen LogP contribution in [-0.4, -0.2) is 75.3 Å². The molecule has 1 aliphatic carbocycles. The van der Waals surface area contributed by atoms with E-state index in [1.54, 1.807) is 0 Å². The van der Waals surface area contributed by atoms with Gasteiger partial charge in [0.1, 0.15) is 0 Å². The molecule has 2 rings (SSSR count). The average Bonchev–Trinajstić information content (AvgIpc) is 2.69. The van der Waals surface area contributed by atoms with Gasteiger partial charge >= 0.3 is 0 Å². The number of aliphatic imine (C=N–C) groups is 1. The number of amides is 1. The van der Waals surface area contributed by atoms with E-state index in [-0.39, 0.29) is 17.9 Å². The van der Waals surface area contributed by atoms with Crippen LogP contribution in [0.5, 0.6) is 0 Å². The molecule has 1 unspecified atom stereocenters. The first kappa shape index (κ1) is 22.9. The number of ether oxygens (including phenoxy) is 1. The summed E-state index contributed by atoms with van der Waals surface area (Å²) in [6.45, 7) is 13.2. The van der Waals surface area contributed by atoms with Gasteiger partial charge in [0.2, 0.25) is 5.91 Å². The van der Waals surface area contributed by atoms with Gasteiger partial charge in [0.25, 0.3) is 0 Å². The second kappa shape index (κ2) is 13.0. The van der Waals surface area contributed by atoms with E-state index in [0.29, 0.717) is 25.6 Å². The van der Waals surface area contributed by atoms with Crippen LogP contribution < -0.4 is 16.0 Å². The van der Waals surface area contributed by atoms with Gasteiger partial charge in [-0.05, 0) is 25.7 Å². The Hall–Kier alpha value is -1.34. The van der Waals surface area contributed by atoms with Crippen LogP contribution in [0.2, 0.25) is 0 Å². The van der Waals surface area contributed by atoms with Crippen LogP contribution >= 0.6 is 0 Å². The third-order valence-electron chi connectivity index (χ3n) is 5.34. The SMILES string of the molecule is CCNC(=NCC1CN(CC(C)C)CCO1)NCCNC(=O)C1CCCCC1. The van der Waals surface area contributed by atoms with Gasteiger partial charge in [0.15, 0.2) is 5.96 Å². The predicted octanol–water partition coefficient (Wildman–Crippen LogP) is 1.59.